The third-order valence-electron chi connectivity index (χ3n) is 3.77. The summed E-state index contributed by atoms with van der Waals surface area (Å²) in [7, 11) is 1.71. The van der Waals surface area contributed by atoms with Crippen molar-refractivity contribution in [3.63, 3.8) is 0 Å². The Bertz CT molecular complexity index is 455. The summed E-state index contributed by atoms with van der Waals surface area (Å²) >= 11 is 0. The average molecular weight is 259 g/mol. The maximum Gasteiger partial charge on any atom is 0.0635 e. The molecule has 0 amide bonds. The Morgan fingerprint density at radius 2 is 2.11 bits per heavy atom. The molecule has 2 N–H and O–H groups in total. The maximum atomic E-state index is 8.80. The van der Waals surface area contributed by atoms with Gasteiger partial charge in [-0.15, -0.1) is 0 Å². The number of hydrogen-bond donors (Lipinski definition) is 1. The Balaban J connectivity index is 2.16. The van der Waals surface area contributed by atoms with Crippen molar-refractivity contribution in [2.75, 3.05) is 26.8 Å². The SMILES string of the molecule is COCCN(CCC#N)C1CC(N)c2ccccc21. The minimum absolute atomic E-state index is 0.105. The molecule has 19 heavy (non-hydrogen) atoms. The van der Waals surface area contributed by atoms with Crippen molar-refractivity contribution in [2.24, 2.45) is 5.73 Å². The van der Waals surface area contributed by atoms with E-state index in [2.05, 4.69) is 29.2 Å². The van der Waals surface area contributed by atoms with Gasteiger partial charge in [0.2, 0.25) is 0 Å². The standard InChI is InChI=1S/C15H21N3O/c1-19-10-9-18(8-4-7-16)15-11-14(17)12-5-2-3-6-13(12)15/h2-3,5-6,14-15H,4,8-11,17H2,1H3. The topological polar surface area (TPSA) is 62.3 Å². The number of nitrogens with zero attached hydrogens (tertiary/aromatic N) is 2. The zero-order valence-electron chi connectivity index (χ0n) is 11.4. The van der Waals surface area contributed by atoms with Crippen molar-refractivity contribution in [3.8, 4) is 6.07 Å². The first-order chi connectivity index (χ1) is 9.27. The molecule has 0 aliphatic heterocycles. The van der Waals surface area contributed by atoms with E-state index in [1.165, 1.54) is 11.1 Å². The highest BCUT2D eigenvalue weighted by molar-refractivity contribution is 5.37. The molecule has 2 unspecified atom stereocenters. The Hall–Kier alpha value is -1.41. The molecule has 102 valence electrons. The summed E-state index contributed by atoms with van der Waals surface area (Å²) in [4.78, 5) is 2.32. The van der Waals surface area contributed by atoms with Crippen LogP contribution in [0.3, 0.4) is 0 Å². The second-order valence-corrected chi connectivity index (χ2v) is 4.92. The van der Waals surface area contributed by atoms with Crippen molar-refractivity contribution in [1.82, 2.24) is 4.90 Å². The Morgan fingerprint density at radius 3 is 2.79 bits per heavy atom. The Morgan fingerprint density at radius 1 is 1.37 bits per heavy atom. The van der Waals surface area contributed by atoms with Gasteiger partial charge in [-0.1, -0.05) is 24.3 Å². The van der Waals surface area contributed by atoms with Crippen molar-refractivity contribution in [2.45, 2.75) is 24.9 Å². The lowest BCUT2D eigenvalue weighted by Crippen LogP contribution is -2.32. The molecule has 0 saturated carbocycles. The maximum absolute atomic E-state index is 8.80. The molecule has 0 fully saturated rings. The van der Waals surface area contributed by atoms with Gasteiger partial charge in [-0.25, -0.2) is 0 Å². The summed E-state index contributed by atoms with van der Waals surface area (Å²) in [5.74, 6) is 0. The van der Waals surface area contributed by atoms with Gasteiger partial charge in [-0.2, -0.15) is 5.26 Å². The summed E-state index contributed by atoms with van der Waals surface area (Å²) in [6, 6.07) is 11.0. The molecular weight excluding hydrogens is 238 g/mol. The number of nitrogens with two attached hydrogens (primary N) is 1. The molecule has 4 heteroatoms. The van der Waals surface area contributed by atoms with Crippen LogP contribution in [0.1, 0.15) is 36.1 Å². The van der Waals surface area contributed by atoms with Gasteiger partial charge in [-0.05, 0) is 17.5 Å². The third-order valence-corrected chi connectivity index (χ3v) is 3.77. The van der Waals surface area contributed by atoms with Crippen molar-refractivity contribution < 1.29 is 4.74 Å². The fraction of sp³-hybridized carbons (Fsp3) is 0.533. The van der Waals surface area contributed by atoms with E-state index in [-0.39, 0.29) is 6.04 Å². The van der Waals surface area contributed by atoms with E-state index in [0.717, 1.165) is 19.5 Å². The molecule has 0 heterocycles. The molecule has 2 rings (SSSR count). The molecule has 1 aromatic carbocycles. The molecule has 2 atom stereocenters. The minimum Gasteiger partial charge on any atom is -0.383 e. The summed E-state index contributed by atoms with van der Waals surface area (Å²) in [6.45, 7) is 2.29. The first-order valence-electron chi connectivity index (χ1n) is 6.72. The first kappa shape index (κ1) is 14.0. The summed E-state index contributed by atoms with van der Waals surface area (Å²) in [6.07, 6.45) is 1.46. The normalized spacial score (nSPS) is 21.4. The smallest absolute Gasteiger partial charge is 0.0635 e. The van der Waals surface area contributed by atoms with Crippen LogP contribution in [-0.2, 0) is 4.74 Å². The highest BCUT2D eigenvalue weighted by Crippen LogP contribution is 2.40. The van der Waals surface area contributed by atoms with Crippen molar-refractivity contribution in [1.29, 1.82) is 5.26 Å². The molecule has 4 nitrogen and oxygen atoms in total. The molecule has 1 aliphatic carbocycles. The van der Waals surface area contributed by atoms with Crippen LogP contribution in [0.4, 0.5) is 0 Å². The molecule has 1 aliphatic rings. The predicted octanol–water partition coefficient (Wildman–Crippen LogP) is 1.99. The first-order valence-corrected chi connectivity index (χ1v) is 6.72. The van der Waals surface area contributed by atoms with E-state index in [0.29, 0.717) is 19.1 Å². The minimum atomic E-state index is 0.105. The van der Waals surface area contributed by atoms with Gasteiger partial charge < -0.3 is 10.5 Å². The van der Waals surface area contributed by atoms with Gasteiger partial charge in [0.1, 0.15) is 0 Å². The zero-order valence-corrected chi connectivity index (χ0v) is 11.4. The van der Waals surface area contributed by atoms with Crippen LogP contribution in [0.2, 0.25) is 0 Å². The highest BCUT2D eigenvalue weighted by Gasteiger charge is 2.31. The summed E-state index contributed by atoms with van der Waals surface area (Å²) in [5.41, 5.74) is 8.76. The van der Waals surface area contributed by atoms with Crippen molar-refractivity contribution >= 4 is 0 Å². The molecular formula is C15H21N3O. The van der Waals surface area contributed by atoms with Crippen molar-refractivity contribution in [3.05, 3.63) is 35.4 Å². The number of hydrogen-bond acceptors (Lipinski definition) is 4. The second kappa shape index (κ2) is 6.67. The van der Waals surface area contributed by atoms with E-state index < -0.39 is 0 Å². The van der Waals surface area contributed by atoms with Crippen LogP contribution in [-0.4, -0.2) is 31.7 Å². The van der Waals surface area contributed by atoms with Crippen LogP contribution in [0.15, 0.2) is 24.3 Å². The molecule has 0 bridgehead atoms. The lowest BCUT2D eigenvalue weighted by molar-refractivity contribution is 0.119. The number of fused-ring (bicyclic) bond motifs is 1. The summed E-state index contributed by atoms with van der Waals surface area (Å²) in [5, 5.41) is 8.80. The molecule has 0 radical (unpaired) electrons. The lowest BCUT2D eigenvalue weighted by atomic mass is 10.1. The van der Waals surface area contributed by atoms with E-state index in [1.54, 1.807) is 7.11 Å². The van der Waals surface area contributed by atoms with Crippen LogP contribution in [0.5, 0.6) is 0 Å². The van der Waals surface area contributed by atoms with E-state index in [9.17, 15) is 0 Å². The van der Waals surface area contributed by atoms with Gasteiger partial charge in [0.05, 0.1) is 12.7 Å². The molecule has 0 aromatic heterocycles. The Kier molecular flexibility index (Phi) is 4.92. The van der Waals surface area contributed by atoms with Gasteiger partial charge in [-0.3, -0.25) is 4.90 Å². The largest absolute Gasteiger partial charge is 0.383 e. The van der Waals surface area contributed by atoms with Gasteiger partial charge in [0, 0.05) is 38.7 Å². The number of methoxy groups -OCH3 is 1. The van der Waals surface area contributed by atoms with Gasteiger partial charge in [0.25, 0.3) is 0 Å². The predicted molar refractivity (Wildman–Crippen MR) is 74.4 cm³/mol. The molecule has 0 saturated heterocycles. The quantitative estimate of drug-likeness (QED) is 0.848. The number of ether oxygens (including phenoxy) is 1. The second-order valence-electron chi connectivity index (χ2n) is 4.92. The molecule has 0 spiro atoms. The van der Waals surface area contributed by atoms with E-state index in [4.69, 9.17) is 15.7 Å². The monoisotopic (exact) mass is 259 g/mol. The van der Waals surface area contributed by atoms with E-state index >= 15 is 0 Å². The number of nitriles is 1. The van der Waals surface area contributed by atoms with Crippen LogP contribution in [0, 0.1) is 11.3 Å². The lowest BCUT2D eigenvalue weighted by Gasteiger charge is -2.28. The zero-order chi connectivity index (χ0) is 13.7. The van der Waals surface area contributed by atoms with Crippen LogP contribution >= 0.6 is 0 Å². The highest BCUT2D eigenvalue weighted by atomic mass is 16.5. The van der Waals surface area contributed by atoms with Crippen LogP contribution in [0.25, 0.3) is 0 Å². The average Bonchev–Trinajstić information content (AvgIpc) is 2.77. The fourth-order valence-electron chi connectivity index (χ4n) is 2.82. The Labute approximate surface area is 114 Å². The van der Waals surface area contributed by atoms with Gasteiger partial charge in [0.15, 0.2) is 0 Å². The third kappa shape index (κ3) is 3.13. The fourth-order valence-corrected chi connectivity index (χ4v) is 2.82. The van der Waals surface area contributed by atoms with Gasteiger partial charge >= 0.3 is 0 Å². The number of rotatable bonds is 6. The summed E-state index contributed by atoms with van der Waals surface area (Å²) < 4.78 is 5.17. The number of benzene rings is 1. The van der Waals surface area contributed by atoms with Crippen LogP contribution < -0.4 is 5.73 Å². The molecule has 1 aromatic rings. The van der Waals surface area contributed by atoms with E-state index in [1.807, 2.05) is 6.07 Å².